The highest BCUT2D eigenvalue weighted by molar-refractivity contribution is 5.73. The molecule has 1 saturated heterocycles. The van der Waals surface area contributed by atoms with Crippen molar-refractivity contribution in [1.82, 2.24) is 15.5 Å². The van der Waals surface area contributed by atoms with E-state index in [0.717, 1.165) is 30.5 Å². The molecular weight excluding hydrogens is 290 g/mol. The molecule has 0 aromatic heterocycles. The van der Waals surface area contributed by atoms with Gasteiger partial charge in [0.05, 0.1) is 6.10 Å². The van der Waals surface area contributed by atoms with Gasteiger partial charge < -0.3 is 20.6 Å². The minimum absolute atomic E-state index is 0.209. The molecule has 2 amide bonds. The fourth-order valence-electron chi connectivity index (χ4n) is 2.99. The van der Waals surface area contributed by atoms with E-state index in [2.05, 4.69) is 15.5 Å². The van der Waals surface area contributed by atoms with Crippen LogP contribution in [0.3, 0.4) is 0 Å². The predicted octanol–water partition coefficient (Wildman–Crippen LogP) is 2.20. The molecular formula is C18H29N3O2. The molecule has 1 heterocycles. The first-order valence-electron chi connectivity index (χ1n) is 8.64. The van der Waals surface area contributed by atoms with Crippen molar-refractivity contribution in [2.24, 2.45) is 0 Å². The van der Waals surface area contributed by atoms with Gasteiger partial charge in [0.15, 0.2) is 0 Å². The van der Waals surface area contributed by atoms with Crippen molar-refractivity contribution in [1.29, 1.82) is 0 Å². The van der Waals surface area contributed by atoms with Crippen LogP contribution in [0.4, 0.5) is 4.79 Å². The number of likely N-dealkylation sites (tertiary alicyclic amines) is 1. The number of aliphatic hydroxyl groups is 1. The first kappa shape index (κ1) is 17.8. The zero-order valence-electron chi connectivity index (χ0n) is 14.1. The van der Waals surface area contributed by atoms with Gasteiger partial charge in [-0.3, -0.25) is 0 Å². The van der Waals surface area contributed by atoms with Gasteiger partial charge in [0.25, 0.3) is 0 Å². The quantitative estimate of drug-likeness (QED) is 0.644. The number of nitrogens with one attached hydrogen (secondary N) is 2. The highest BCUT2D eigenvalue weighted by Crippen LogP contribution is 2.16. The molecule has 1 aromatic rings. The van der Waals surface area contributed by atoms with Gasteiger partial charge in [-0.2, -0.15) is 0 Å². The van der Waals surface area contributed by atoms with E-state index in [1.54, 1.807) is 0 Å². The first-order chi connectivity index (χ1) is 11.2. The van der Waals surface area contributed by atoms with Crippen molar-refractivity contribution in [2.75, 3.05) is 32.7 Å². The van der Waals surface area contributed by atoms with Crippen LogP contribution >= 0.6 is 0 Å². The number of amides is 2. The fourth-order valence-corrected chi connectivity index (χ4v) is 2.99. The number of hydrogen-bond donors (Lipinski definition) is 3. The van der Waals surface area contributed by atoms with Gasteiger partial charge in [0.1, 0.15) is 0 Å². The molecule has 1 unspecified atom stereocenters. The molecule has 128 valence electrons. The number of unbranched alkanes of at least 4 members (excludes halogenated alkanes) is 1. The molecule has 1 aliphatic rings. The van der Waals surface area contributed by atoms with Gasteiger partial charge in [0.2, 0.25) is 0 Å². The van der Waals surface area contributed by atoms with Crippen LogP contribution in [-0.4, -0.2) is 48.8 Å². The molecule has 3 N–H and O–H groups in total. The van der Waals surface area contributed by atoms with Gasteiger partial charge in [0, 0.05) is 13.1 Å². The van der Waals surface area contributed by atoms with E-state index in [4.69, 9.17) is 0 Å². The van der Waals surface area contributed by atoms with Crippen LogP contribution in [0.15, 0.2) is 24.3 Å². The minimum atomic E-state index is -0.669. The van der Waals surface area contributed by atoms with Crippen molar-refractivity contribution >= 4 is 6.03 Å². The van der Waals surface area contributed by atoms with Gasteiger partial charge in [-0.25, -0.2) is 4.79 Å². The smallest absolute Gasteiger partial charge is 0.314 e. The Morgan fingerprint density at radius 2 is 1.96 bits per heavy atom. The molecule has 1 fully saturated rings. The Hall–Kier alpha value is -1.59. The molecule has 5 nitrogen and oxygen atoms in total. The van der Waals surface area contributed by atoms with Gasteiger partial charge in [-0.15, -0.1) is 0 Å². The van der Waals surface area contributed by atoms with Crippen LogP contribution in [0.5, 0.6) is 0 Å². The molecule has 0 saturated carbocycles. The Labute approximate surface area is 139 Å². The van der Waals surface area contributed by atoms with E-state index < -0.39 is 6.10 Å². The third kappa shape index (κ3) is 6.20. The van der Waals surface area contributed by atoms with Gasteiger partial charge in [-0.1, -0.05) is 24.3 Å². The number of benzene rings is 1. The molecule has 0 aliphatic carbocycles. The molecule has 0 radical (unpaired) electrons. The summed E-state index contributed by atoms with van der Waals surface area (Å²) < 4.78 is 0. The van der Waals surface area contributed by atoms with Gasteiger partial charge in [-0.05, 0) is 63.4 Å². The van der Waals surface area contributed by atoms with Crippen molar-refractivity contribution in [3.8, 4) is 0 Å². The van der Waals surface area contributed by atoms with Crippen LogP contribution in [0, 0.1) is 6.92 Å². The lowest BCUT2D eigenvalue weighted by molar-refractivity contribution is 0.172. The lowest BCUT2D eigenvalue weighted by Gasteiger charge is -2.15. The Kier molecular flexibility index (Phi) is 7.36. The van der Waals surface area contributed by atoms with Crippen molar-refractivity contribution in [2.45, 2.75) is 38.7 Å². The predicted molar refractivity (Wildman–Crippen MR) is 92.4 cm³/mol. The number of hydrogen-bond acceptors (Lipinski definition) is 3. The van der Waals surface area contributed by atoms with E-state index in [9.17, 15) is 9.90 Å². The SMILES string of the molecule is Cc1ccccc1C(O)CNC(=O)NCCCCN1CCCC1. The lowest BCUT2D eigenvalue weighted by Crippen LogP contribution is -2.38. The second kappa shape index (κ2) is 9.53. The molecule has 1 atom stereocenters. The number of rotatable bonds is 8. The number of urea groups is 1. The Morgan fingerprint density at radius 3 is 2.70 bits per heavy atom. The summed E-state index contributed by atoms with van der Waals surface area (Å²) in [5.74, 6) is 0. The number of carbonyl (C=O) groups is 1. The normalized spacial score (nSPS) is 16.3. The number of aryl methyl sites for hydroxylation is 1. The summed E-state index contributed by atoms with van der Waals surface area (Å²) >= 11 is 0. The maximum absolute atomic E-state index is 11.7. The van der Waals surface area contributed by atoms with Crippen LogP contribution in [0.2, 0.25) is 0 Å². The molecule has 0 spiro atoms. The minimum Gasteiger partial charge on any atom is -0.387 e. The van der Waals surface area contributed by atoms with Crippen molar-refractivity contribution < 1.29 is 9.90 Å². The van der Waals surface area contributed by atoms with Crippen molar-refractivity contribution in [3.05, 3.63) is 35.4 Å². The second-order valence-electron chi connectivity index (χ2n) is 6.27. The van der Waals surface area contributed by atoms with E-state index in [-0.39, 0.29) is 12.6 Å². The first-order valence-corrected chi connectivity index (χ1v) is 8.64. The third-order valence-corrected chi connectivity index (χ3v) is 4.39. The Balaban J connectivity index is 1.55. The number of aliphatic hydroxyl groups excluding tert-OH is 1. The molecule has 23 heavy (non-hydrogen) atoms. The average Bonchev–Trinajstić information content (AvgIpc) is 3.06. The van der Waals surface area contributed by atoms with E-state index >= 15 is 0 Å². The van der Waals surface area contributed by atoms with E-state index in [1.807, 2.05) is 31.2 Å². The van der Waals surface area contributed by atoms with E-state index in [1.165, 1.54) is 25.9 Å². The maximum Gasteiger partial charge on any atom is 0.314 e. The third-order valence-electron chi connectivity index (χ3n) is 4.39. The van der Waals surface area contributed by atoms with Crippen LogP contribution < -0.4 is 10.6 Å². The summed E-state index contributed by atoms with van der Waals surface area (Å²) in [4.78, 5) is 14.2. The molecule has 1 aromatic carbocycles. The highest BCUT2D eigenvalue weighted by Gasteiger charge is 2.12. The standard InChI is InChI=1S/C18H29N3O2/c1-15-8-2-3-9-16(15)17(22)14-20-18(23)19-10-4-5-11-21-12-6-7-13-21/h2-3,8-9,17,22H,4-7,10-14H2,1H3,(H2,19,20,23). The summed E-state index contributed by atoms with van der Waals surface area (Å²) in [5, 5.41) is 15.7. The molecule has 5 heteroatoms. The zero-order valence-corrected chi connectivity index (χ0v) is 14.1. The monoisotopic (exact) mass is 319 g/mol. The number of carbonyl (C=O) groups excluding carboxylic acids is 1. The summed E-state index contributed by atoms with van der Waals surface area (Å²) in [6, 6.07) is 7.47. The van der Waals surface area contributed by atoms with Crippen LogP contribution in [0.25, 0.3) is 0 Å². The van der Waals surface area contributed by atoms with Crippen LogP contribution in [0.1, 0.15) is 42.9 Å². The summed E-state index contributed by atoms with van der Waals surface area (Å²) in [5.41, 5.74) is 1.89. The number of nitrogens with zero attached hydrogens (tertiary/aromatic N) is 1. The lowest BCUT2D eigenvalue weighted by atomic mass is 10.0. The summed E-state index contributed by atoms with van der Waals surface area (Å²) in [7, 11) is 0. The highest BCUT2D eigenvalue weighted by atomic mass is 16.3. The largest absolute Gasteiger partial charge is 0.387 e. The van der Waals surface area contributed by atoms with E-state index in [0.29, 0.717) is 6.54 Å². The Bertz CT molecular complexity index is 487. The maximum atomic E-state index is 11.7. The summed E-state index contributed by atoms with van der Waals surface area (Å²) in [6.45, 7) is 6.45. The van der Waals surface area contributed by atoms with Crippen molar-refractivity contribution in [3.63, 3.8) is 0 Å². The van der Waals surface area contributed by atoms with Crippen LogP contribution in [-0.2, 0) is 0 Å². The van der Waals surface area contributed by atoms with Gasteiger partial charge >= 0.3 is 6.03 Å². The molecule has 2 rings (SSSR count). The molecule has 1 aliphatic heterocycles. The average molecular weight is 319 g/mol. The zero-order chi connectivity index (χ0) is 16.5. The summed E-state index contributed by atoms with van der Waals surface area (Å²) in [6.07, 6.45) is 4.08. The fraction of sp³-hybridized carbons (Fsp3) is 0.611. The molecule has 0 bridgehead atoms. The topological polar surface area (TPSA) is 64.6 Å². The Morgan fingerprint density at radius 1 is 1.22 bits per heavy atom. The second-order valence-corrected chi connectivity index (χ2v) is 6.27.